The van der Waals surface area contributed by atoms with Gasteiger partial charge in [-0.3, -0.25) is 4.79 Å². The minimum atomic E-state index is -0.125. The summed E-state index contributed by atoms with van der Waals surface area (Å²) in [6.45, 7) is 15.3. The number of hydrogen-bond acceptors (Lipinski definition) is 4. The van der Waals surface area contributed by atoms with Crippen molar-refractivity contribution in [1.29, 1.82) is 0 Å². The van der Waals surface area contributed by atoms with Crippen molar-refractivity contribution in [3.63, 3.8) is 0 Å². The molecule has 0 bridgehead atoms. The summed E-state index contributed by atoms with van der Waals surface area (Å²) in [5, 5.41) is 4.35. The molecule has 0 aliphatic heterocycles. The quantitative estimate of drug-likeness (QED) is 0.629. The molecule has 0 amide bonds. The lowest BCUT2D eigenvalue weighted by atomic mass is 9.86. The van der Waals surface area contributed by atoms with Crippen molar-refractivity contribution in [2.45, 2.75) is 73.1 Å². The fraction of sp³-hybridized carbons (Fsp3) is 0.591. The van der Waals surface area contributed by atoms with Gasteiger partial charge < -0.3 is 4.74 Å². The molecule has 0 aliphatic rings. The lowest BCUT2D eigenvalue weighted by Crippen LogP contribution is -2.21. The molecule has 1 aromatic heterocycles. The largest absolute Gasteiger partial charge is 0.462 e. The molecule has 5 nitrogen and oxygen atoms in total. The van der Waals surface area contributed by atoms with E-state index in [1.165, 1.54) is 10.2 Å². The Morgan fingerprint density at radius 1 is 1.07 bits per heavy atom. The predicted octanol–water partition coefficient (Wildman–Crippen LogP) is 5.50. The molecule has 1 heterocycles. The van der Waals surface area contributed by atoms with Gasteiger partial charge in [0.15, 0.2) is 5.82 Å². The van der Waals surface area contributed by atoms with E-state index in [2.05, 4.69) is 49.9 Å². The Bertz CT molecular complexity index is 762. The first-order chi connectivity index (χ1) is 12.5. The summed E-state index contributed by atoms with van der Waals surface area (Å²) < 4.78 is 7.05. The van der Waals surface area contributed by atoms with Crippen molar-refractivity contribution in [3.05, 3.63) is 29.8 Å². The van der Waals surface area contributed by atoms with Crippen molar-refractivity contribution in [3.8, 4) is 17.4 Å². The highest BCUT2D eigenvalue weighted by atomic mass is 16.5. The van der Waals surface area contributed by atoms with Gasteiger partial charge in [-0.15, -0.1) is 5.10 Å². The molecule has 1 aromatic carbocycles. The Labute approximate surface area is 163 Å². The first kappa shape index (κ1) is 21.1. The molecule has 0 saturated heterocycles. The second-order valence-electron chi connectivity index (χ2n) is 9.29. The first-order valence-electron chi connectivity index (χ1n) is 9.75. The smallest absolute Gasteiger partial charge is 0.336 e. The second kappa shape index (κ2) is 8.24. The molecule has 0 fully saturated rings. The second-order valence-corrected chi connectivity index (χ2v) is 9.29. The van der Waals surface area contributed by atoms with Crippen molar-refractivity contribution in [2.24, 2.45) is 5.41 Å². The van der Waals surface area contributed by atoms with Gasteiger partial charge in [0.2, 0.25) is 5.91 Å². The SMILES string of the molecule is CCCCOc1nc(-c2ccc(C(C)(C)C)cc2)n(C(=O)CC(C)(C)C)n1. The minimum Gasteiger partial charge on any atom is -0.462 e. The molecule has 2 rings (SSSR count). The van der Waals surface area contributed by atoms with Gasteiger partial charge in [-0.05, 0) is 22.8 Å². The molecule has 148 valence electrons. The maximum absolute atomic E-state index is 12.8. The van der Waals surface area contributed by atoms with E-state index in [0.29, 0.717) is 18.9 Å². The van der Waals surface area contributed by atoms with Gasteiger partial charge in [-0.25, -0.2) is 0 Å². The number of benzene rings is 1. The maximum Gasteiger partial charge on any atom is 0.336 e. The zero-order valence-electron chi connectivity index (χ0n) is 17.8. The summed E-state index contributed by atoms with van der Waals surface area (Å²) in [6, 6.07) is 8.43. The fourth-order valence-electron chi connectivity index (χ4n) is 2.67. The Hall–Kier alpha value is -2.17. The molecule has 0 saturated carbocycles. The Balaban J connectivity index is 2.38. The number of carbonyl (C=O) groups is 1. The zero-order valence-corrected chi connectivity index (χ0v) is 17.8. The normalized spacial score (nSPS) is 12.3. The lowest BCUT2D eigenvalue weighted by Gasteiger charge is -2.19. The summed E-state index contributed by atoms with van der Waals surface area (Å²) >= 11 is 0. The minimum absolute atomic E-state index is 0.0721. The van der Waals surface area contributed by atoms with Crippen LogP contribution >= 0.6 is 0 Å². The topological polar surface area (TPSA) is 57.0 Å². The number of hydrogen-bond donors (Lipinski definition) is 0. The van der Waals surface area contributed by atoms with Crippen LogP contribution in [0.15, 0.2) is 24.3 Å². The molecule has 0 aliphatic carbocycles. The van der Waals surface area contributed by atoms with Gasteiger partial charge in [0.05, 0.1) is 6.61 Å². The summed E-state index contributed by atoms with van der Waals surface area (Å²) in [5.41, 5.74) is 2.04. The standard InChI is InChI=1S/C22H33N3O2/c1-8-9-14-27-20-23-19(25(24-20)18(26)15-21(2,3)4)16-10-12-17(13-11-16)22(5,6)7/h10-13H,8-9,14-15H2,1-7H3. The van der Waals surface area contributed by atoms with Gasteiger partial charge >= 0.3 is 6.01 Å². The van der Waals surface area contributed by atoms with E-state index in [4.69, 9.17) is 4.74 Å². The summed E-state index contributed by atoms with van der Waals surface area (Å²) in [7, 11) is 0. The molecule has 5 heteroatoms. The molecular weight excluding hydrogens is 338 g/mol. The van der Waals surface area contributed by atoms with E-state index >= 15 is 0 Å². The third kappa shape index (κ3) is 5.91. The maximum atomic E-state index is 12.8. The molecule has 2 aromatic rings. The van der Waals surface area contributed by atoms with Crippen molar-refractivity contribution in [2.75, 3.05) is 6.61 Å². The van der Waals surface area contributed by atoms with Crippen LogP contribution in [-0.2, 0) is 5.41 Å². The van der Waals surface area contributed by atoms with Crippen LogP contribution in [0.3, 0.4) is 0 Å². The summed E-state index contributed by atoms with van der Waals surface area (Å²) in [5.74, 6) is 0.464. The zero-order chi connectivity index (χ0) is 20.2. The highest BCUT2D eigenvalue weighted by Gasteiger charge is 2.23. The van der Waals surface area contributed by atoms with Crippen molar-refractivity contribution < 1.29 is 9.53 Å². The summed E-state index contributed by atoms with van der Waals surface area (Å²) in [6.07, 6.45) is 2.35. The average molecular weight is 372 g/mol. The van der Waals surface area contributed by atoms with Gasteiger partial charge in [-0.2, -0.15) is 9.67 Å². The molecule has 0 radical (unpaired) electrons. The van der Waals surface area contributed by atoms with Crippen LogP contribution < -0.4 is 4.74 Å². The van der Waals surface area contributed by atoms with Crippen molar-refractivity contribution in [1.82, 2.24) is 14.8 Å². The highest BCUT2D eigenvalue weighted by molar-refractivity contribution is 5.82. The third-order valence-electron chi connectivity index (χ3n) is 4.24. The highest BCUT2D eigenvalue weighted by Crippen LogP contribution is 2.27. The van der Waals surface area contributed by atoms with Crippen LogP contribution in [0, 0.1) is 5.41 Å². The van der Waals surface area contributed by atoms with E-state index in [1.54, 1.807) is 0 Å². The predicted molar refractivity (Wildman–Crippen MR) is 109 cm³/mol. The van der Waals surface area contributed by atoms with Crippen LogP contribution in [0.5, 0.6) is 6.01 Å². The Morgan fingerprint density at radius 2 is 1.70 bits per heavy atom. The van der Waals surface area contributed by atoms with Gasteiger partial charge in [-0.1, -0.05) is 79.2 Å². The molecule has 0 atom stereocenters. The third-order valence-corrected chi connectivity index (χ3v) is 4.24. The number of carbonyl (C=O) groups excluding carboxylic acids is 1. The lowest BCUT2D eigenvalue weighted by molar-refractivity contribution is 0.0840. The van der Waals surface area contributed by atoms with E-state index in [9.17, 15) is 4.79 Å². The van der Waals surface area contributed by atoms with Crippen LogP contribution in [0.4, 0.5) is 0 Å². The number of aromatic nitrogens is 3. The van der Waals surface area contributed by atoms with Gasteiger partial charge in [0, 0.05) is 12.0 Å². The van der Waals surface area contributed by atoms with Crippen LogP contribution in [0.25, 0.3) is 11.4 Å². The Morgan fingerprint density at radius 3 is 2.22 bits per heavy atom. The van der Waals surface area contributed by atoms with Crippen molar-refractivity contribution >= 4 is 5.91 Å². The van der Waals surface area contributed by atoms with E-state index < -0.39 is 0 Å². The first-order valence-corrected chi connectivity index (χ1v) is 9.75. The molecule has 0 unspecified atom stereocenters. The fourth-order valence-corrected chi connectivity index (χ4v) is 2.67. The average Bonchev–Trinajstić information content (AvgIpc) is 2.97. The number of nitrogens with zero attached hydrogens (tertiary/aromatic N) is 3. The number of unbranched alkanes of at least 4 members (excludes halogenated alkanes) is 1. The number of ether oxygens (including phenoxy) is 1. The van der Waals surface area contributed by atoms with E-state index in [1.807, 2.05) is 32.9 Å². The van der Waals surface area contributed by atoms with Gasteiger partial charge in [0.1, 0.15) is 0 Å². The van der Waals surface area contributed by atoms with Crippen LogP contribution in [-0.4, -0.2) is 27.3 Å². The number of rotatable bonds is 6. The van der Waals surface area contributed by atoms with Crippen LogP contribution in [0.2, 0.25) is 0 Å². The molecular formula is C22H33N3O2. The van der Waals surface area contributed by atoms with Crippen LogP contribution in [0.1, 0.15) is 78.1 Å². The molecule has 0 spiro atoms. The monoisotopic (exact) mass is 371 g/mol. The van der Waals surface area contributed by atoms with E-state index in [0.717, 1.165) is 18.4 Å². The summed E-state index contributed by atoms with van der Waals surface area (Å²) in [4.78, 5) is 17.3. The van der Waals surface area contributed by atoms with Gasteiger partial charge in [0.25, 0.3) is 0 Å². The molecule has 27 heavy (non-hydrogen) atoms. The molecule has 0 N–H and O–H groups in total. The van der Waals surface area contributed by atoms with E-state index in [-0.39, 0.29) is 22.7 Å². The Kier molecular flexibility index (Phi) is 6.45.